The van der Waals surface area contributed by atoms with Gasteiger partial charge in [-0.3, -0.25) is 0 Å². The molecule has 1 aromatic carbocycles. The summed E-state index contributed by atoms with van der Waals surface area (Å²) in [5, 5.41) is 11.7. The van der Waals surface area contributed by atoms with Gasteiger partial charge in [0.1, 0.15) is 17.4 Å². The van der Waals surface area contributed by atoms with Crippen LogP contribution in [0, 0.1) is 0 Å². The van der Waals surface area contributed by atoms with Crippen molar-refractivity contribution in [1.82, 2.24) is 5.32 Å². The molecule has 34 heavy (non-hydrogen) atoms. The topological polar surface area (TPSA) is 84.9 Å². The van der Waals surface area contributed by atoms with Crippen LogP contribution in [0.1, 0.15) is 31.9 Å². The predicted octanol–water partition coefficient (Wildman–Crippen LogP) is 5.39. The molecule has 0 bridgehead atoms. The molecule has 0 fully saturated rings. The standard InChI is InChI=1S/C19H20F8INO5/c1-15(2,3)34-14(32)29-11(13(31)33-4)8-9-5-6-12(30)10(7-9)16(20,21)17(22,23)18(24,25)19(26,27)28/h5-7,11,30H,8H2,1-4H3,(H,29,32). The van der Waals surface area contributed by atoms with E-state index in [0.717, 1.165) is 13.2 Å². The lowest BCUT2D eigenvalue weighted by Crippen LogP contribution is -2.59. The summed E-state index contributed by atoms with van der Waals surface area (Å²) < 4.78 is 114. The Labute approximate surface area is 202 Å². The second-order valence-corrected chi connectivity index (χ2v) is 9.35. The molecule has 1 unspecified atom stereocenters. The quantitative estimate of drug-likeness (QED) is 0.176. The second kappa shape index (κ2) is 9.89. The Morgan fingerprint density at radius 2 is 1.56 bits per heavy atom. The van der Waals surface area contributed by atoms with Gasteiger partial charge in [0, 0.05) is 29.0 Å². The maximum atomic E-state index is 14.5. The van der Waals surface area contributed by atoms with Crippen molar-refractivity contribution in [2.75, 3.05) is 7.11 Å². The minimum absolute atomic E-state index is 0.122. The predicted molar refractivity (Wildman–Crippen MR) is 110 cm³/mol. The summed E-state index contributed by atoms with van der Waals surface area (Å²) in [5.74, 6) is -21.9. The minimum Gasteiger partial charge on any atom is -0.507 e. The number of alkyl carbamates (subject to hydrolysis) is 1. The molecular weight excluding hydrogens is 601 g/mol. The molecule has 15 heteroatoms. The summed E-state index contributed by atoms with van der Waals surface area (Å²) in [6.45, 7) is 4.47. The normalized spacial score (nSPS) is 14.4. The number of nitrogens with one attached hydrogen (secondary N) is 1. The van der Waals surface area contributed by atoms with Gasteiger partial charge in [-0.05, 0) is 38.5 Å². The number of carbonyl (C=O) groups is 2. The lowest BCUT2D eigenvalue weighted by Gasteiger charge is -2.35. The lowest BCUT2D eigenvalue weighted by atomic mass is 9.93. The number of benzene rings is 1. The zero-order valence-corrected chi connectivity index (χ0v) is 20.2. The third-order valence-electron chi connectivity index (χ3n) is 4.16. The smallest absolute Gasteiger partial charge is 0.408 e. The molecule has 1 atom stereocenters. The fourth-order valence-electron chi connectivity index (χ4n) is 2.53. The monoisotopic (exact) mass is 621 g/mol. The average Bonchev–Trinajstić information content (AvgIpc) is 2.65. The van der Waals surface area contributed by atoms with E-state index in [0.29, 0.717) is 6.07 Å². The molecule has 0 saturated carbocycles. The fraction of sp³-hybridized carbons (Fsp3) is 0.579. The van der Waals surface area contributed by atoms with Crippen molar-refractivity contribution in [3.8, 4) is 5.75 Å². The van der Waals surface area contributed by atoms with Crippen LogP contribution in [0.15, 0.2) is 18.2 Å². The number of hydrogen-bond acceptors (Lipinski definition) is 5. The van der Waals surface area contributed by atoms with E-state index < -0.39 is 91.3 Å². The van der Waals surface area contributed by atoms with Gasteiger partial charge in [-0.25, -0.2) is 9.59 Å². The number of alkyl halides is 9. The number of esters is 1. The van der Waals surface area contributed by atoms with E-state index in [2.05, 4.69) is 10.1 Å². The number of phenolic OH excluding ortho intramolecular Hbond substituents is 1. The SMILES string of the molecule is COC(=O)C(Cc1ccc(O)c(C(F)(F)C(F)(F)C(F)(F)C(F)(F)I)c1)NC(=O)OC(C)(C)C. The number of halogens is 9. The number of phenols is 1. The first-order valence-electron chi connectivity index (χ1n) is 9.18. The van der Waals surface area contributed by atoms with Crippen LogP contribution < -0.4 is 5.32 Å². The first-order chi connectivity index (χ1) is 15.1. The highest BCUT2D eigenvalue weighted by Gasteiger charge is 2.80. The Kier molecular flexibility index (Phi) is 8.72. The summed E-state index contributed by atoms with van der Waals surface area (Å²) in [6, 6.07) is -0.231. The number of rotatable bonds is 8. The number of aromatic hydroxyl groups is 1. The van der Waals surface area contributed by atoms with Crippen LogP contribution in [-0.4, -0.2) is 51.7 Å². The Bertz CT molecular complexity index is 915. The summed E-state index contributed by atoms with van der Waals surface area (Å²) in [4.78, 5) is 23.9. The molecule has 2 N–H and O–H groups in total. The van der Waals surface area contributed by atoms with Crippen LogP contribution in [0.3, 0.4) is 0 Å². The zero-order valence-electron chi connectivity index (χ0n) is 18.0. The Morgan fingerprint density at radius 1 is 1.03 bits per heavy atom. The zero-order chi connectivity index (χ0) is 26.9. The van der Waals surface area contributed by atoms with Crippen LogP contribution in [0.2, 0.25) is 0 Å². The average molecular weight is 621 g/mol. The summed E-state index contributed by atoms with van der Waals surface area (Å²) >= 11 is -0.396. The minimum atomic E-state index is -6.64. The molecule has 6 nitrogen and oxygen atoms in total. The maximum absolute atomic E-state index is 14.5. The summed E-state index contributed by atoms with van der Waals surface area (Å²) in [7, 11) is 0.912. The highest BCUT2D eigenvalue weighted by Crippen LogP contribution is 2.59. The summed E-state index contributed by atoms with van der Waals surface area (Å²) in [6.07, 6.45) is -1.85. The molecule has 0 aliphatic carbocycles. The van der Waals surface area contributed by atoms with Gasteiger partial charge in [0.2, 0.25) is 0 Å². The number of hydrogen-bond donors (Lipinski definition) is 2. The van der Waals surface area contributed by atoms with Gasteiger partial charge in [-0.2, -0.15) is 35.1 Å². The van der Waals surface area contributed by atoms with Crippen molar-refractivity contribution >= 4 is 34.7 Å². The molecule has 0 aliphatic rings. The van der Waals surface area contributed by atoms with Crippen molar-refractivity contribution in [3.63, 3.8) is 0 Å². The van der Waals surface area contributed by atoms with E-state index in [4.69, 9.17) is 4.74 Å². The van der Waals surface area contributed by atoms with Crippen molar-refractivity contribution in [2.24, 2.45) is 0 Å². The number of carbonyl (C=O) groups excluding carboxylic acids is 2. The van der Waals surface area contributed by atoms with Gasteiger partial charge >= 0.3 is 33.8 Å². The molecule has 1 aromatic rings. The Hall–Kier alpha value is -2.07. The van der Waals surface area contributed by atoms with Gasteiger partial charge in [0.15, 0.2) is 0 Å². The van der Waals surface area contributed by atoms with Gasteiger partial charge in [0.05, 0.1) is 12.7 Å². The molecule has 194 valence electrons. The van der Waals surface area contributed by atoms with E-state index in [1.165, 1.54) is 20.8 Å². The Morgan fingerprint density at radius 3 is 2.00 bits per heavy atom. The molecule has 0 spiro atoms. The van der Waals surface area contributed by atoms with Crippen LogP contribution in [0.5, 0.6) is 5.75 Å². The van der Waals surface area contributed by atoms with Gasteiger partial charge < -0.3 is 19.9 Å². The fourth-order valence-corrected chi connectivity index (χ4v) is 2.87. The molecule has 0 aliphatic heterocycles. The maximum Gasteiger partial charge on any atom is 0.408 e. The molecule has 0 heterocycles. The highest BCUT2D eigenvalue weighted by atomic mass is 127. The van der Waals surface area contributed by atoms with Gasteiger partial charge in [-0.15, -0.1) is 0 Å². The van der Waals surface area contributed by atoms with Crippen LogP contribution in [-0.2, 0) is 26.6 Å². The number of methoxy groups -OCH3 is 1. The lowest BCUT2D eigenvalue weighted by molar-refractivity contribution is -0.347. The molecule has 0 aromatic heterocycles. The molecule has 1 rings (SSSR count). The summed E-state index contributed by atoms with van der Waals surface area (Å²) in [5.41, 5.74) is -3.55. The first kappa shape index (κ1) is 30.0. The molecule has 0 radical (unpaired) electrons. The number of ether oxygens (including phenoxy) is 2. The molecule has 1 amide bonds. The third-order valence-corrected chi connectivity index (χ3v) is 4.84. The van der Waals surface area contributed by atoms with E-state index in [1.54, 1.807) is 0 Å². The van der Waals surface area contributed by atoms with E-state index in [9.17, 15) is 49.8 Å². The number of amides is 1. The molecule has 0 saturated heterocycles. The van der Waals surface area contributed by atoms with E-state index >= 15 is 0 Å². The van der Waals surface area contributed by atoms with Crippen LogP contribution >= 0.6 is 22.6 Å². The second-order valence-electron chi connectivity index (χ2n) is 8.00. The van der Waals surface area contributed by atoms with Crippen molar-refractivity contribution < 1.29 is 59.3 Å². The van der Waals surface area contributed by atoms with Gasteiger partial charge in [-0.1, -0.05) is 6.07 Å². The molecular formula is C19H20F8INO5. The van der Waals surface area contributed by atoms with E-state index in [1.807, 2.05) is 0 Å². The third kappa shape index (κ3) is 6.33. The van der Waals surface area contributed by atoms with Crippen molar-refractivity contribution in [1.29, 1.82) is 0 Å². The van der Waals surface area contributed by atoms with E-state index in [-0.39, 0.29) is 6.07 Å². The Balaban J connectivity index is 3.40. The van der Waals surface area contributed by atoms with Crippen molar-refractivity contribution in [2.45, 2.75) is 60.5 Å². The highest BCUT2D eigenvalue weighted by molar-refractivity contribution is 14.1. The largest absolute Gasteiger partial charge is 0.507 e. The van der Waals surface area contributed by atoms with Crippen LogP contribution in [0.4, 0.5) is 39.9 Å². The van der Waals surface area contributed by atoms with Crippen LogP contribution in [0.25, 0.3) is 0 Å². The van der Waals surface area contributed by atoms with Gasteiger partial charge in [0.25, 0.3) is 0 Å². The first-order valence-corrected chi connectivity index (χ1v) is 10.3. The van der Waals surface area contributed by atoms with Crippen molar-refractivity contribution in [3.05, 3.63) is 29.3 Å².